The first-order valence-corrected chi connectivity index (χ1v) is 9.11. The SMILES string of the molecule is CC(C)c1ccccc1NC(=O)CSc1n[nH]c(-c2ccccc2)n1. The summed E-state index contributed by atoms with van der Waals surface area (Å²) >= 11 is 1.31. The number of carbonyl (C=O) groups is 1. The average Bonchev–Trinajstić information content (AvgIpc) is 3.10. The molecule has 2 N–H and O–H groups in total. The van der Waals surface area contributed by atoms with E-state index in [4.69, 9.17) is 0 Å². The lowest BCUT2D eigenvalue weighted by Crippen LogP contribution is -2.15. The number of nitrogens with one attached hydrogen (secondary N) is 2. The van der Waals surface area contributed by atoms with E-state index in [-0.39, 0.29) is 11.7 Å². The minimum atomic E-state index is -0.0656. The normalized spacial score (nSPS) is 10.8. The van der Waals surface area contributed by atoms with Gasteiger partial charge in [0.25, 0.3) is 0 Å². The molecule has 0 aliphatic heterocycles. The average molecular weight is 352 g/mol. The van der Waals surface area contributed by atoms with E-state index < -0.39 is 0 Å². The van der Waals surface area contributed by atoms with Crippen molar-refractivity contribution in [2.75, 3.05) is 11.1 Å². The maximum absolute atomic E-state index is 12.2. The van der Waals surface area contributed by atoms with E-state index in [1.807, 2.05) is 54.6 Å². The number of rotatable bonds is 6. The van der Waals surface area contributed by atoms with Gasteiger partial charge in [-0.05, 0) is 17.5 Å². The molecule has 0 aliphatic carbocycles. The molecule has 128 valence electrons. The topological polar surface area (TPSA) is 70.7 Å². The Morgan fingerprint density at radius 2 is 1.84 bits per heavy atom. The molecule has 2 aromatic carbocycles. The van der Waals surface area contributed by atoms with Crippen molar-refractivity contribution in [2.24, 2.45) is 0 Å². The fourth-order valence-electron chi connectivity index (χ4n) is 2.47. The fourth-order valence-corrected chi connectivity index (χ4v) is 3.07. The number of para-hydroxylation sites is 1. The van der Waals surface area contributed by atoms with E-state index in [9.17, 15) is 4.79 Å². The van der Waals surface area contributed by atoms with E-state index >= 15 is 0 Å². The zero-order chi connectivity index (χ0) is 17.6. The van der Waals surface area contributed by atoms with Gasteiger partial charge < -0.3 is 5.32 Å². The third kappa shape index (κ3) is 4.48. The number of thioether (sulfide) groups is 1. The first-order chi connectivity index (χ1) is 12.1. The summed E-state index contributed by atoms with van der Waals surface area (Å²) in [4.78, 5) is 16.7. The molecule has 1 heterocycles. The molecule has 5 nitrogen and oxygen atoms in total. The van der Waals surface area contributed by atoms with E-state index in [0.717, 1.165) is 16.8 Å². The lowest BCUT2D eigenvalue weighted by molar-refractivity contribution is -0.113. The number of nitrogens with zero attached hydrogens (tertiary/aromatic N) is 2. The number of aromatic nitrogens is 3. The van der Waals surface area contributed by atoms with E-state index in [2.05, 4.69) is 34.3 Å². The van der Waals surface area contributed by atoms with Crippen LogP contribution in [-0.2, 0) is 4.79 Å². The van der Waals surface area contributed by atoms with Crippen molar-refractivity contribution in [2.45, 2.75) is 24.9 Å². The molecule has 3 rings (SSSR count). The molecule has 0 bridgehead atoms. The van der Waals surface area contributed by atoms with E-state index in [0.29, 0.717) is 16.9 Å². The molecule has 0 fully saturated rings. The van der Waals surface area contributed by atoms with Crippen LogP contribution < -0.4 is 5.32 Å². The van der Waals surface area contributed by atoms with Crippen LogP contribution in [0.1, 0.15) is 25.3 Å². The number of amides is 1. The minimum absolute atomic E-state index is 0.0656. The van der Waals surface area contributed by atoms with Gasteiger partial charge in [-0.1, -0.05) is 74.1 Å². The van der Waals surface area contributed by atoms with E-state index in [1.54, 1.807) is 0 Å². The highest BCUT2D eigenvalue weighted by Crippen LogP contribution is 2.24. The standard InChI is InChI=1S/C19H20N4OS/c1-13(2)15-10-6-7-11-16(15)20-17(24)12-25-19-21-18(22-23-19)14-8-4-3-5-9-14/h3-11,13H,12H2,1-2H3,(H,20,24)(H,21,22,23). The molecule has 6 heteroatoms. The summed E-state index contributed by atoms with van der Waals surface area (Å²) in [6, 6.07) is 17.7. The Hall–Kier alpha value is -2.60. The molecule has 0 saturated carbocycles. The second kappa shape index (κ2) is 7.98. The van der Waals surface area contributed by atoms with Crippen molar-refractivity contribution >= 4 is 23.4 Å². The van der Waals surface area contributed by atoms with Crippen LogP contribution in [0.3, 0.4) is 0 Å². The second-order valence-corrected chi connectivity index (χ2v) is 6.85. The number of benzene rings is 2. The van der Waals surface area contributed by atoms with Gasteiger partial charge in [0.1, 0.15) is 0 Å². The van der Waals surface area contributed by atoms with Crippen molar-refractivity contribution in [3.63, 3.8) is 0 Å². The molecule has 0 saturated heterocycles. The molecule has 3 aromatic rings. The van der Waals surface area contributed by atoms with Crippen molar-refractivity contribution in [3.8, 4) is 11.4 Å². The van der Waals surface area contributed by atoms with Crippen molar-refractivity contribution < 1.29 is 4.79 Å². The quantitative estimate of drug-likeness (QED) is 0.648. The summed E-state index contributed by atoms with van der Waals surface area (Å²) in [5, 5.41) is 10.6. The summed E-state index contributed by atoms with van der Waals surface area (Å²) in [6.45, 7) is 4.22. The summed E-state index contributed by atoms with van der Waals surface area (Å²) in [6.07, 6.45) is 0. The zero-order valence-corrected chi connectivity index (χ0v) is 15.0. The molecule has 1 aromatic heterocycles. The van der Waals surface area contributed by atoms with Crippen LogP contribution in [0.15, 0.2) is 59.8 Å². The lowest BCUT2D eigenvalue weighted by Gasteiger charge is -2.13. The number of hydrogen-bond donors (Lipinski definition) is 2. The predicted octanol–water partition coefficient (Wildman–Crippen LogP) is 4.33. The molecule has 0 radical (unpaired) electrons. The summed E-state index contributed by atoms with van der Waals surface area (Å²) in [5.74, 6) is 1.25. The molecular weight excluding hydrogens is 332 g/mol. The lowest BCUT2D eigenvalue weighted by atomic mass is 10.0. The molecule has 0 spiro atoms. The second-order valence-electron chi connectivity index (χ2n) is 5.91. The Bertz CT molecular complexity index is 845. The Labute approximate surface area is 151 Å². The summed E-state index contributed by atoms with van der Waals surface area (Å²) < 4.78 is 0. The van der Waals surface area contributed by atoms with Gasteiger partial charge in [0.05, 0.1) is 5.75 Å². The number of hydrogen-bond acceptors (Lipinski definition) is 4. The Morgan fingerprint density at radius 1 is 1.12 bits per heavy atom. The maximum atomic E-state index is 12.2. The van der Waals surface area contributed by atoms with Gasteiger partial charge in [-0.2, -0.15) is 0 Å². The van der Waals surface area contributed by atoms with Crippen LogP contribution in [0.2, 0.25) is 0 Å². The van der Waals surface area contributed by atoms with Crippen molar-refractivity contribution in [1.29, 1.82) is 0 Å². The van der Waals surface area contributed by atoms with Crippen LogP contribution in [0.4, 0.5) is 5.69 Å². The maximum Gasteiger partial charge on any atom is 0.234 e. The smallest absolute Gasteiger partial charge is 0.234 e. The van der Waals surface area contributed by atoms with Crippen LogP contribution in [-0.4, -0.2) is 26.8 Å². The first kappa shape index (κ1) is 17.2. The van der Waals surface area contributed by atoms with Gasteiger partial charge in [-0.15, -0.1) is 5.10 Å². The minimum Gasteiger partial charge on any atom is -0.325 e. The fraction of sp³-hybridized carbons (Fsp3) is 0.211. The van der Waals surface area contributed by atoms with Gasteiger partial charge in [0, 0.05) is 11.3 Å². The van der Waals surface area contributed by atoms with E-state index in [1.165, 1.54) is 11.8 Å². The number of aromatic amines is 1. The number of H-pyrrole nitrogens is 1. The molecule has 1 amide bonds. The van der Waals surface area contributed by atoms with Crippen LogP contribution >= 0.6 is 11.8 Å². The van der Waals surface area contributed by atoms with Crippen LogP contribution in [0, 0.1) is 0 Å². The molecule has 0 aliphatic rings. The van der Waals surface area contributed by atoms with Gasteiger partial charge in [0.2, 0.25) is 11.1 Å². The van der Waals surface area contributed by atoms with Gasteiger partial charge >= 0.3 is 0 Å². The van der Waals surface area contributed by atoms with Crippen LogP contribution in [0.25, 0.3) is 11.4 Å². The monoisotopic (exact) mass is 352 g/mol. The van der Waals surface area contributed by atoms with Crippen molar-refractivity contribution in [1.82, 2.24) is 15.2 Å². The summed E-state index contributed by atoms with van der Waals surface area (Å²) in [7, 11) is 0. The summed E-state index contributed by atoms with van der Waals surface area (Å²) in [5.41, 5.74) is 2.96. The highest BCUT2D eigenvalue weighted by molar-refractivity contribution is 7.99. The zero-order valence-electron chi connectivity index (χ0n) is 14.2. The largest absolute Gasteiger partial charge is 0.325 e. The number of anilines is 1. The third-order valence-electron chi connectivity index (χ3n) is 3.70. The first-order valence-electron chi connectivity index (χ1n) is 8.13. The Morgan fingerprint density at radius 3 is 2.60 bits per heavy atom. The molecule has 0 unspecified atom stereocenters. The van der Waals surface area contributed by atoms with Gasteiger partial charge in [-0.25, -0.2) is 4.98 Å². The third-order valence-corrected chi connectivity index (χ3v) is 4.55. The van der Waals surface area contributed by atoms with Gasteiger partial charge in [-0.3, -0.25) is 9.89 Å². The highest BCUT2D eigenvalue weighted by atomic mass is 32.2. The molecule has 25 heavy (non-hydrogen) atoms. The van der Waals surface area contributed by atoms with Crippen molar-refractivity contribution in [3.05, 3.63) is 60.2 Å². The van der Waals surface area contributed by atoms with Crippen LogP contribution in [0.5, 0.6) is 0 Å². The Balaban J connectivity index is 1.59. The highest BCUT2D eigenvalue weighted by Gasteiger charge is 2.11. The Kier molecular flexibility index (Phi) is 5.50. The molecular formula is C19H20N4OS. The van der Waals surface area contributed by atoms with Gasteiger partial charge in [0.15, 0.2) is 5.82 Å². The number of carbonyl (C=O) groups excluding carboxylic acids is 1. The predicted molar refractivity (Wildman–Crippen MR) is 102 cm³/mol. The molecule has 0 atom stereocenters.